The number of benzene rings is 3. The second kappa shape index (κ2) is 10.5. The van der Waals surface area contributed by atoms with Crippen molar-refractivity contribution in [1.82, 2.24) is 19.3 Å². The molecule has 9 heteroatoms. The van der Waals surface area contributed by atoms with Gasteiger partial charge in [-0.15, -0.1) is 0 Å². The minimum atomic E-state index is -0.429. The Bertz CT molecular complexity index is 1650. The first-order valence-electron chi connectivity index (χ1n) is 12.0. The van der Waals surface area contributed by atoms with E-state index >= 15 is 0 Å². The first-order chi connectivity index (χ1) is 18.1. The maximum atomic E-state index is 13.5. The number of aromatic nitrogens is 4. The number of para-hydroxylation sites is 1. The molecule has 5 aromatic rings. The summed E-state index contributed by atoms with van der Waals surface area (Å²) in [5.74, 6) is 1.76. The first kappa shape index (κ1) is 24.1. The fourth-order valence-electron chi connectivity index (χ4n) is 4.26. The van der Waals surface area contributed by atoms with E-state index in [9.17, 15) is 9.59 Å². The molecule has 0 spiro atoms. The standard InChI is InChI=1S/C28H26N4O5/c1-3-36-23-14-13-20(17-24(23)35-2)26-29-25(37-30-26)18-32-22-12-8-7-11-21(22)27(33)31(28(32)34)16-15-19-9-5-4-6-10-19/h4-14,17H,3,15-16,18H2,1-2H3. The highest BCUT2D eigenvalue weighted by atomic mass is 16.5. The van der Waals surface area contributed by atoms with Crippen LogP contribution in [0.1, 0.15) is 18.4 Å². The molecule has 0 aliphatic rings. The third kappa shape index (κ3) is 4.88. The lowest BCUT2D eigenvalue weighted by Crippen LogP contribution is -2.40. The summed E-state index contributed by atoms with van der Waals surface area (Å²) >= 11 is 0. The van der Waals surface area contributed by atoms with E-state index in [0.29, 0.717) is 46.8 Å². The fourth-order valence-corrected chi connectivity index (χ4v) is 4.26. The van der Waals surface area contributed by atoms with Crippen LogP contribution in [0.25, 0.3) is 22.3 Å². The molecule has 3 aromatic carbocycles. The Morgan fingerprint density at radius 1 is 0.919 bits per heavy atom. The van der Waals surface area contributed by atoms with Crippen molar-refractivity contribution in [3.8, 4) is 22.9 Å². The number of nitrogens with zero attached hydrogens (tertiary/aromatic N) is 4. The molecule has 0 aliphatic heterocycles. The molecule has 9 nitrogen and oxygen atoms in total. The summed E-state index contributed by atoms with van der Waals surface area (Å²) in [6.45, 7) is 2.69. The second-order valence-corrected chi connectivity index (χ2v) is 8.39. The Labute approximate surface area is 212 Å². The van der Waals surface area contributed by atoms with Crippen molar-refractivity contribution in [3.63, 3.8) is 0 Å². The highest BCUT2D eigenvalue weighted by Crippen LogP contribution is 2.31. The van der Waals surface area contributed by atoms with Gasteiger partial charge in [0.05, 0.1) is 24.6 Å². The largest absolute Gasteiger partial charge is 0.493 e. The molecule has 0 N–H and O–H groups in total. The van der Waals surface area contributed by atoms with Crippen LogP contribution in [0.15, 0.2) is 86.9 Å². The zero-order chi connectivity index (χ0) is 25.8. The summed E-state index contributed by atoms with van der Waals surface area (Å²) < 4.78 is 19.3. The van der Waals surface area contributed by atoms with Gasteiger partial charge in [-0.25, -0.2) is 4.79 Å². The number of hydrogen-bond donors (Lipinski definition) is 0. The van der Waals surface area contributed by atoms with Gasteiger partial charge in [0.15, 0.2) is 11.5 Å². The molecule has 0 atom stereocenters. The Hall–Kier alpha value is -4.66. The molecule has 0 saturated heterocycles. The van der Waals surface area contributed by atoms with Crippen LogP contribution in [0.2, 0.25) is 0 Å². The van der Waals surface area contributed by atoms with E-state index in [0.717, 1.165) is 5.56 Å². The Morgan fingerprint density at radius 3 is 2.49 bits per heavy atom. The van der Waals surface area contributed by atoms with Crippen molar-refractivity contribution in [1.29, 1.82) is 0 Å². The predicted molar refractivity (Wildman–Crippen MR) is 139 cm³/mol. The molecule has 0 radical (unpaired) electrons. The third-order valence-electron chi connectivity index (χ3n) is 6.08. The smallest absolute Gasteiger partial charge is 0.331 e. The third-order valence-corrected chi connectivity index (χ3v) is 6.08. The molecule has 37 heavy (non-hydrogen) atoms. The maximum Gasteiger partial charge on any atom is 0.331 e. The monoisotopic (exact) mass is 498 g/mol. The summed E-state index contributed by atoms with van der Waals surface area (Å²) in [4.78, 5) is 31.2. The summed E-state index contributed by atoms with van der Waals surface area (Å²) in [5, 5.41) is 4.54. The van der Waals surface area contributed by atoms with Crippen molar-refractivity contribution in [2.75, 3.05) is 13.7 Å². The molecule has 0 amide bonds. The van der Waals surface area contributed by atoms with Gasteiger partial charge < -0.3 is 14.0 Å². The zero-order valence-corrected chi connectivity index (χ0v) is 20.6. The zero-order valence-electron chi connectivity index (χ0n) is 20.6. The maximum absolute atomic E-state index is 13.5. The summed E-state index contributed by atoms with van der Waals surface area (Å²) in [6.07, 6.45) is 0.554. The van der Waals surface area contributed by atoms with E-state index in [1.54, 1.807) is 43.5 Å². The van der Waals surface area contributed by atoms with E-state index in [1.165, 1.54) is 9.13 Å². The lowest BCUT2D eigenvalue weighted by Gasteiger charge is -2.13. The van der Waals surface area contributed by atoms with Crippen molar-refractivity contribution in [2.45, 2.75) is 26.4 Å². The van der Waals surface area contributed by atoms with Crippen LogP contribution in [-0.2, 0) is 19.5 Å². The minimum Gasteiger partial charge on any atom is -0.493 e. The molecular formula is C28H26N4O5. The predicted octanol–water partition coefficient (Wildman–Crippen LogP) is 3.91. The minimum absolute atomic E-state index is 0.0200. The normalized spacial score (nSPS) is 11.1. The van der Waals surface area contributed by atoms with E-state index in [4.69, 9.17) is 14.0 Å². The van der Waals surface area contributed by atoms with Gasteiger partial charge in [0.1, 0.15) is 6.54 Å². The molecular weight excluding hydrogens is 472 g/mol. The van der Waals surface area contributed by atoms with Crippen LogP contribution in [0.3, 0.4) is 0 Å². The molecule has 0 unspecified atom stereocenters. The molecule has 0 aliphatic carbocycles. The van der Waals surface area contributed by atoms with Gasteiger partial charge in [-0.3, -0.25) is 13.9 Å². The first-order valence-corrected chi connectivity index (χ1v) is 12.0. The second-order valence-electron chi connectivity index (χ2n) is 8.39. The van der Waals surface area contributed by atoms with Gasteiger partial charge in [0.2, 0.25) is 11.7 Å². The van der Waals surface area contributed by atoms with Gasteiger partial charge in [-0.2, -0.15) is 4.98 Å². The van der Waals surface area contributed by atoms with Crippen LogP contribution in [0, 0.1) is 0 Å². The fraction of sp³-hybridized carbons (Fsp3) is 0.214. The molecule has 188 valence electrons. The average Bonchev–Trinajstić information content (AvgIpc) is 3.40. The molecule has 2 heterocycles. The number of fused-ring (bicyclic) bond motifs is 1. The molecule has 0 fully saturated rings. The van der Waals surface area contributed by atoms with Crippen LogP contribution >= 0.6 is 0 Å². The lowest BCUT2D eigenvalue weighted by atomic mass is 10.1. The van der Waals surface area contributed by atoms with Gasteiger partial charge in [-0.1, -0.05) is 47.6 Å². The molecule has 0 bridgehead atoms. The number of hydrogen-bond acceptors (Lipinski definition) is 7. The summed E-state index contributed by atoms with van der Waals surface area (Å²) in [7, 11) is 1.56. The van der Waals surface area contributed by atoms with Crippen LogP contribution < -0.4 is 20.7 Å². The van der Waals surface area contributed by atoms with Crippen molar-refractivity contribution in [2.24, 2.45) is 0 Å². The quantitative estimate of drug-likeness (QED) is 0.304. The van der Waals surface area contributed by atoms with E-state index < -0.39 is 5.69 Å². The van der Waals surface area contributed by atoms with Gasteiger partial charge in [-0.05, 0) is 49.2 Å². The number of ether oxygens (including phenoxy) is 2. The number of rotatable bonds is 9. The van der Waals surface area contributed by atoms with Crippen LogP contribution in [-0.4, -0.2) is 33.0 Å². The Kier molecular flexibility index (Phi) is 6.85. The van der Waals surface area contributed by atoms with Gasteiger partial charge in [0, 0.05) is 12.1 Å². The highest BCUT2D eigenvalue weighted by Gasteiger charge is 2.17. The molecule has 2 aromatic heterocycles. The lowest BCUT2D eigenvalue weighted by molar-refractivity contribution is 0.311. The molecule has 0 saturated carbocycles. The SMILES string of the molecule is CCOc1ccc(-c2noc(Cn3c(=O)n(CCc4ccccc4)c(=O)c4ccccc43)n2)cc1OC. The Balaban J connectivity index is 1.49. The van der Waals surface area contributed by atoms with Crippen LogP contribution in [0.4, 0.5) is 0 Å². The summed E-state index contributed by atoms with van der Waals surface area (Å²) in [5.41, 5.74) is 1.49. The van der Waals surface area contributed by atoms with Gasteiger partial charge >= 0.3 is 5.69 Å². The van der Waals surface area contributed by atoms with Crippen molar-refractivity contribution in [3.05, 3.63) is 105 Å². The van der Waals surface area contributed by atoms with E-state index in [1.807, 2.05) is 43.3 Å². The van der Waals surface area contributed by atoms with Gasteiger partial charge in [0.25, 0.3) is 5.56 Å². The summed E-state index contributed by atoms with van der Waals surface area (Å²) in [6, 6.07) is 22.1. The van der Waals surface area contributed by atoms with Crippen LogP contribution in [0.5, 0.6) is 11.5 Å². The van der Waals surface area contributed by atoms with Crippen molar-refractivity contribution < 1.29 is 14.0 Å². The number of methoxy groups -OCH3 is 1. The highest BCUT2D eigenvalue weighted by molar-refractivity contribution is 5.77. The average molecular weight is 499 g/mol. The number of aryl methyl sites for hydroxylation is 1. The van der Waals surface area contributed by atoms with E-state index in [-0.39, 0.29) is 24.5 Å². The topological polar surface area (TPSA) is 101 Å². The molecule has 5 rings (SSSR count). The van der Waals surface area contributed by atoms with E-state index in [2.05, 4.69) is 10.1 Å². The Morgan fingerprint density at radius 2 is 1.70 bits per heavy atom. The van der Waals surface area contributed by atoms with Crippen molar-refractivity contribution >= 4 is 10.9 Å².